The zero-order chi connectivity index (χ0) is 21.8. The van der Waals surface area contributed by atoms with Crippen molar-refractivity contribution in [1.29, 1.82) is 5.41 Å². The van der Waals surface area contributed by atoms with Gasteiger partial charge in [-0.05, 0) is 28.8 Å². The van der Waals surface area contributed by atoms with Gasteiger partial charge in [0.2, 0.25) is 5.91 Å². The van der Waals surface area contributed by atoms with Crippen LogP contribution in [0.5, 0.6) is 0 Å². The first-order valence-corrected chi connectivity index (χ1v) is 10.2. The molecule has 1 aliphatic rings. The summed E-state index contributed by atoms with van der Waals surface area (Å²) < 4.78 is 0. The third-order valence-electron chi connectivity index (χ3n) is 5.48. The van der Waals surface area contributed by atoms with Crippen molar-refractivity contribution < 1.29 is 9.59 Å². The van der Waals surface area contributed by atoms with E-state index in [1.165, 1.54) is 0 Å². The van der Waals surface area contributed by atoms with E-state index in [1.54, 1.807) is 21.9 Å². The van der Waals surface area contributed by atoms with Gasteiger partial charge < -0.3 is 15.5 Å². The molecule has 1 heterocycles. The summed E-state index contributed by atoms with van der Waals surface area (Å²) in [5.74, 6) is -0.180. The predicted molar refractivity (Wildman–Crippen MR) is 121 cm³/mol. The van der Waals surface area contributed by atoms with Gasteiger partial charge >= 0.3 is 0 Å². The second kappa shape index (κ2) is 8.83. The van der Waals surface area contributed by atoms with Gasteiger partial charge in [-0.25, -0.2) is 0 Å². The Bertz CT molecular complexity index is 1090. The van der Waals surface area contributed by atoms with Crippen LogP contribution in [0, 0.1) is 5.41 Å². The van der Waals surface area contributed by atoms with Crippen LogP contribution < -0.4 is 5.73 Å². The molecule has 0 atom stereocenters. The lowest BCUT2D eigenvalue weighted by atomic mass is 10.0. The number of carbonyl (C=O) groups is 2. The molecule has 0 saturated carbocycles. The number of amides is 2. The Morgan fingerprint density at radius 2 is 1.45 bits per heavy atom. The molecule has 3 N–H and O–H groups in total. The molecular formula is C25H24N4O2. The van der Waals surface area contributed by atoms with Crippen molar-refractivity contribution in [2.45, 2.75) is 6.54 Å². The van der Waals surface area contributed by atoms with Crippen LogP contribution >= 0.6 is 0 Å². The molecule has 1 aliphatic heterocycles. The number of nitrogens with zero attached hydrogens (tertiary/aromatic N) is 2. The van der Waals surface area contributed by atoms with Crippen LogP contribution in [0.1, 0.15) is 21.5 Å². The highest BCUT2D eigenvalue weighted by Gasteiger charge is 2.27. The minimum absolute atomic E-state index is 0.0200. The summed E-state index contributed by atoms with van der Waals surface area (Å²) in [7, 11) is 0. The summed E-state index contributed by atoms with van der Waals surface area (Å²) in [6.45, 7) is 1.54. The minimum Gasteiger partial charge on any atom is -0.384 e. The number of hydrogen-bond donors (Lipinski definition) is 2. The summed E-state index contributed by atoms with van der Waals surface area (Å²) in [4.78, 5) is 28.9. The number of nitrogen functional groups attached to an aromatic ring is 1. The predicted octanol–water partition coefficient (Wildman–Crippen LogP) is 3.12. The van der Waals surface area contributed by atoms with Crippen molar-refractivity contribution >= 4 is 17.6 Å². The minimum atomic E-state index is -0.126. The summed E-state index contributed by atoms with van der Waals surface area (Å²) >= 11 is 0. The van der Waals surface area contributed by atoms with Gasteiger partial charge in [-0.1, -0.05) is 66.7 Å². The van der Waals surface area contributed by atoms with Gasteiger partial charge in [-0.2, -0.15) is 0 Å². The highest BCUT2D eigenvalue weighted by Crippen LogP contribution is 2.20. The fourth-order valence-electron chi connectivity index (χ4n) is 3.68. The Hall–Kier alpha value is -3.93. The molecule has 0 aromatic heterocycles. The summed E-state index contributed by atoms with van der Waals surface area (Å²) in [6, 6.07) is 24.8. The van der Waals surface area contributed by atoms with Crippen molar-refractivity contribution in [1.82, 2.24) is 9.80 Å². The average molecular weight is 412 g/mol. The van der Waals surface area contributed by atoms with Gasteiger partial charge in [-0.15, -0.1) is 0 Å². The molecule has 1 fully saturated rings. The molecule has 0 unspecified atom stereocenters. The van der Waals surface area contributed by atoms with Crippen molar-refractivity contribution in [3.05, 3.63) is 95.6 Å². The third kappa shape index (κ3) is 4.64. The fourth-order valence-corrected chi connectivity index (χ4v) is 3.68. The van der Waals surface area contributed by atoms with Crippen molar-refractivity contribution in [3.63, 3.8) is 0 Å². The topological polar surface area (TPSA) is 90.5 Å². The molecule has 0 radical (unpaired) electrons. The fraction of sp³-hybridized carbons (Fsp3) is 0.160. The van der Waals surface area contributed by atoms with Crippen molar-refractivity contribution in [2.24, 2.45) is 5.73 Å². The maximum Gasteiger partial charge on any atom is 0.254 e. The number of nitrogens with one attached hydrogen (secondary N) is 1. The van der Waals surface area contributed by atoms with Gasteiger partial charge in [0.15, 0.2) is 0 Å². The van der Waals surface area contributed by atoms with Crippen molar-refractivity contribution in [2.75, 3.05) is 19.6 Å². The zero-order valence-corrected chi connectivity index (χ0v) is 17.1. The highest BCUT2D eigenvalue weighted by molar-refractivity contribution is 5.97. The van der Waals surface area contributed by atoms with E-state index in [9.17, 15) is 9.59 Å². The van der Waals surface area contributed by atoms with Gasteiger partial charge in [0.25, 0.3) is 5.91 Å². The van der Waals surface area contributed by atoms with Crippen LogP contribution in [0.4, 0.5) is 0 Å². The molecule has 6 heteroatoms. The van der Waals surface area contributed by atoms with Crippen LogP contribution in [0.3, 0.4) is 0 Å². The number of nitrogens with two attached hydrogens (primary N) is 1. The smallest absolute Gasteiger partial charge is 0.254 e. The molecule has 0 spiro atoms. The number of piperazine rings is 1. The molecule has 3 aromatic rings. The van der Waals surface area contributed by atoms with E-state index in [0.717, 1.165) is 16.7 Å². The van der Waals surface area contributed by atoms with Crippen LogP contribution in [-0.2, 0) is 11.3 Å². The number of hydrogen-bond acceptors (Lipinski definition) is 3. The largest absolute Gasteiger partial charge is 0.384 e. The van der Waals surface area contributed by atoms with E-state index >= 15 is 0 Å². The Labute approximate surface area is 181 Å². The second-order valence-corrected chi connectivity index (χ2v) is 7.60. The van der Waals surface area contributed by atoms with E-state index in [0.29, 0.717) is 30.8 Å². The average Bonchev–Trinajstić information content (AvgIpc) is 2.81. The number of carbonyl (C=O) groups excluding carboxylic acids is 2. The van der Waals surface area contributed by atoms with E-state index in [1.807, 2.05) is 66.7 Å². The molecule has 1 saturated heterocycles. The zero-order valence-electron chi connectivity index (χ0n) is 17.1. The molecule has 0 bridgehead atoms. The molecule has 3 aromatic carbocycles. The molecular weight excluding hydrogens is 388 g/mol. The summed E-state index contributed by atoms with van der Waals surface area (Å²) in [6.07, 6.45) is 0. The van der Waals surface area contributed by atoms with E-state index in [4.69, 9.17) is 11.1 Å². The standard InChI is InChI=1S/C25H24N4O2/c26-24(27)21-8-6-18(7-9-21)16-28-14-15-29(17-23(28)30)25(31)22-12-10-20(11-13-22)19-4-2-1-3-5-19/h1-13H,14-17H2,(H3,26,27). The van der Waals surface area contributed by atoms with Gasteiger partial charge in [0.1, 0.15) is 12.4 Å². The lowest BCUT2D eigenvalue weighted by Crippen LogP contribution is -2.51. The van der Waals surface area contributed by atoms with Crippen LogP contribution in [0.15, 0.2) is 78.9 Å². The quantitative estimate of drug-likeness (QED) is 0.498. The number of benzene rings is 3. The first-order chi connectivity index (χ1) is 15.0. The molecule has 156 valence electrons. The van der Waals surface area contributed by atoms with Crippen LogP contribution in [-0.4, -0.2) is 47.1 Å². The Balaban J connectivity index is 1.37. The molecule has 2 amide bonds. The summed E-state index contributed by atoms with van der Waals surface area (Å²) in [5, 5.41) is 7.46. The maximum atomic E-state index is 12.9. The lowest BCUT2D eigenvalue weighted by molar-refractivity contribution is -0.135. The SMILES string of the molecule is N=C(N)c1ccc(CN2CCN(C(=O)c3ccc(-c4ccccc4)cc3)CC2=O)cc1. The molecule has 6 nitrogen and oxygen atoms in total. The normalized spacial score (nSPS) is 13.9. The maximum absolute atomic E-state index is 12.9. The van der Waals surface area contributed by atoms with Crippen molar-refractivity contribution in [3.8, 4) is 11.1 Å². The highest BCUT2D eigenvalue weighted by atomic mass is 16.2. The molecule has 31 heavy (non-hydrogen) atoms. The Morgan fingerprint density at radius 1 is 0.839 bits per heavy atom. The summed E-state index contributed by atoms with van der Waals surface area (Å²) in [5.41, 5.74) is 9.84. The van der Waals surface area contributed by atoms with Gasteiger partial charge in [0.05, 0.1) is 0 Å². The molecule has 0 aliphatic carbocycles. The number of amidine groups is 1. The third-order valence-corrected chi connectivity index (χ3v) is 5.48. The first kappa shape index (κ1) is 20.3. The van der Waals surface area contributed by atoms with E-state index < -0.39 is 0 Å². The second-order valence-electron chi connectivity index (χ2n) is 7.60. The van der Waals surface area contributed by atoms with Gasteiger partial charge in [-0.3, -0.25) is 15.0 Å². The van der Waals surface area contributed by atoms with Crippen LogP contribution in [0.25, 0.3) is 11.1 Å². The Kier molecular flexibility index (Phi) is 5.80. The number of rotatable bonds is 5. The monoisotopic (exact) mass is 412 g/mol. The van der Waals surface area contributed by atoms with Gasteiger partial charge in [0, 0.05) is 30.8 Å². The molecule has 4 rings (SSSR count). The lowest BCUT2D eigenvalue weighted by Gasteiger charge is -2.34. The van der Waals surface area contributed by atoms with E-state index in [-0.39, 0.29) is 24.2 Å². The van der Waals surface area contributed by atoms with Crippen LogP contribution in [0.2, 0.25) is 0 Å². The van der Waals surface area contributed by atoms with E-state index in [2.05, 4.69) is 0 Å². The Morgan fingerprint density at radius 3 is 2.06 bits per heavy atom. The first-order valence-electron chi connectivity index (χ1n) is 10.2.